The maximum atomic E-state index is 14.8. The molecule has 2 fully saturated rings. The number of esters is 1. The van der Waals surface area contributed by atoms with Crippen LogP contribution in [-0.2, 0) is 44.3 Å². The topological polar surface area (TPSA) is 217 Å². The molecule has 1 aromatic carbocycles. The number of aromatic nitrogens is 1. The van der Waals surface area contributed by atoms with E-state index in [9.17, 15) is 33.0 Å². The second-order valence-corrected chi connectivity index (χ2v) is 20.5. The van der Waals surface area contributed by atoms with Gasteiger partial charge < -0.3 is 30.9 Å². The van der Waals surface area contributed by atoms with E-state index in [0.29, 0.717) is 18.0 Å². The smallest absolute Gasteiger partial charge is 0.308 e. The Bertz CT molecular complexity index is 1830. The lowest BCUT2D eigenvalue weighted by Crippen LogP contribution is -2.70. The molecule has 0 aliphatic carbocycles. The summed E-state index contributed by atoms with van der Waals surface area (Å²) < 4.78 is 17.1. The Kier molecular flexibility index (Phi) is 17.0. The van der Waals surface area contributed by atoms with Crippen LogP contribution >= 0.6 is 11.3 Å². The minimum absolute atomic E-state index is 0.108. The lowest BCUT2D eigenvalue weighted by Gasteiger charge is -2.43. The van der Waals surface area contributed by atoms with Gasteiger partial charge >= 0.3 is 5.97 Å². The van der Waals surface area contributed by atoms with Gasteiger partial charge in [0.15, 0.2) is 0 Å². The minimum atomic E-state index is -1.25. The van der Waals surface area contributed by atoms with Crippen LogP contribution in [0.2, 0.25) is 0 Å². The Morgan fingerprint density at radius 3 is 2.28 bits per heavy atom. The van der Waals surface area contributed by atoms with Crippen LogP contribution in [0.4, 0.5) is 0 Å². The molecule has 6 N–H and O–H groups in total. The number of carbonyl (C=O) groups excluding carboxylic acids is 6. The van der Waals surface area contributed by atoms with Gasteiger partial charge in [0, 0.05) is 46.8 Å². The van der Waals surface area contributed by atoms with Gasteiger partial charge in [0.25, 0.3) is 0 Å². The summed E-state index contributed by atoms with van der Waals surface area (Å²) in [4.78, 5) is 89.4. The van der Waals surface area contributed by atoms with Gasteiger partial charge in [-0.3, -0.25) is 43.6 Å². The molecule has 2 aliphatic heterocycles. The van der Waals surface area contributed by atoms with Crippen molar-refractivity contribution >= 4 is 57.6 Å². The number of benzene rings is 1. The number of nitrogens with one attached hydrogen (secondary N) is 6. The Balaban J connectivity index is 1.73. The van der Waals surface area contributed by atoms with Crippen LogP contribution in [0.15, 0.2) is 41.9 Å². The number of carbonyl (C=O) groups is 6. The third-order valence-electron chi connectivity index (χ3n) is 11.2. The molecule has 5 amide bonds. The van der Waals surface area contributed by atoms with E-state index in [2.05, 4.69) is 36.9 Å². The fourth-order valence-electron chi connectivity index (χ4n) is 7.68. The number of ether oxygens (including phenoxy) is 1. The Morgan fingerprint density at radius 2 is 1.70 bits per heavy atom. The van der Waals surface area contributed by atoms with Crippen molar-refractivity contribution in [3.8, 4) is 0 Å². The van der Waals surface area contributed by atoms with Crippen molar-refractivity contribution in [2.24, 2.45) is 16.7 Å². The van der Waals surface area contributed by atoms with Crippen molar-refractivity contribution in [1.82, 2.24) is 41.8 Å². The van der Waals surface area contributed by atoms with Crippen LogP contribution in [0, 0.1) is 16.7 Å². The largest absolute Gasteiger partial charge is 0.469 e. The first kappa shape index (κ1) is 48.4. The van der Waals surface area contributed by atoms with Gasteiger partial charge in [-0.15, -0.1) is 11.3 Å². The normalized spacial score (nSPS) is 24.3. The molecule has 2 unspecified atom stereocenters. The van der Waals surface area contributed by atoms with Crippen LogP contribution in [0.25, 0.3) is 0 Å². The summed E-state index contributed by atoms with van der Waals surface area (Å²) in [5.74, 6) is -3.38. The molecule has 2 saturated heterocycles. The second-order valence-electron chi connectivity index (χ2n) is 18.0. The minimum Gasteiger partial charge on any atom is -0.469 e. The average Bonchev–Trinajstić information content (AvgIpc) is 3.86. The Labute approximate surface area is 360 Å². The van der Waals surface area contributed by atoms with Crippen LogP contribution in [0.3, 0.4) is 0 Å². The standard InChI is InChI=1S/C42H64N8O8S2/c1-24-16-19-50-29(51)23-44-35(33(41(3,4)5)49-36(53)27(17-21-60(10)57)45-38(55)32(24)50)48-34(42(6,7)8)39(56)47-31(25(2)26-14-12-11-13-15-26)37(54)46-28(22-30(52)58-9)40-43-18-20-59-40/h11-15,18,20,24-25,27-28,31-35,44,48H,16-17,19,21-23H2,1-10H3,(H,45,55)(H,46,54)(H,47,56)(H,49,53)/t24-,25+,27+,28-,31+,32+,33-,34-,35?,60?/m1/s1. The first-order valence-electron chi connectivity index (χ1n) is 20.4. The zero-order valence-electron chi connectivity index (χ0n) is 36.5. The quantitative estimate of drug-likeness (QED) is 0.151. The number of rotatable bonds is 14. The number of hydrogen-bond acceptors (Lipinski definition) is 12. The van der Waals surface area contributed by atoms with Gasteiger partial charge in [-0.05, 0) is 35.2 Å². The van der Waals surface area contributed by atoms with E-state index in [0.717, 1.165) is 5.56 Å². The Morgan fingerprint density at radius 1 is 1.02 bits per heavy atom. The van der Waals surface area contributed by atoms with Crippen molar-refractivity contribution in [2.45, 2.75) is 123 Å². The second kappa shape index (κ2) is 21.0. The molecule has 3 heterocycles. The lowest BCUT2D eigenvalue weighted by atomic mass is 9.81. The molecule has 16 nitrogen and oxygen atoms in total. The zero-order chi connectivity index (χ0) is 44.5. The van der Waals surface area contributed by atoms with Gasteiger partial charge in [-0.25, -0.2) is 4.98 Å². The molecular formula is C42H64N8O8S2. The summed E-state index contributed by atoms with van der Waals surface area (Å²) in [6.45, 7) is 15.2. The number of nitrogens with zero attached hydrogens (tertiary/aromatic N) is 2. The maximum absolute atomic E-state index is 14.8. The summed E-state index contributed by atoms with van der Waals surface area (Å²) in [5, 5.41) is 21.0. The Hall–Kier alpha value is -4.26. The molecule has 0 spiro atoms. The number of fused-ring (bicyclic) bond motifs is 1. The zero-order valence-corrected chi connectivity index (χ0v) is 38.1. The monoisotopic (exact) mass is 872 g/mol. The average molecular weight is 873 g/mol. The molecule has 1 aromatic heterocycles. The van der Waals surface area contributed by atoms with E-state index in [4.69, 9.17) is 4.74 Å². The van der Waals surface area contributed by atoms with Gasteiger partial charge in [0.1, 0.15) is 23.1 Å². The van der Waals surface area contributed by atoms with Crippen LogP contribution < -0.4 is 31.9 Å². The van der Waals surface area contributed by atoms with Gasteiger partial charge in [-0.2, -0.15) is 0 Å². The highest BCUT2D eigenvalue weighted by atomic mass is 32.2. The highest BCUT2D eigenvalue weighted by molar-refractivity contribution is 7.84. The fourth-order valence-corrected chi connectivity index (χ4v) is 8.94. The highest BCUT2D eigenvalue weighted by Crippen LogP contribution is 2.29. The van der Waals surface area contributed by atoms with E-state index < -0.39 is 99.6 Å². The summed E-state index contributed by atoms with van der Waals surface area (Å²) in [5.41, 5.74) is -0.697. The molecule has 2 aliphatic rings. The molecular weight excluding hydrogens is 809 g/mol. The van der Waals surface area contributed by atoms with E-state index >= 15 is 0 Å². The molecule has 0 bridgehead atoms. The molecule has 60 heavy (non-hydrogen) atoms. The summed E-state index contributed by atoms with van der Waals surface area (Å²) in [7, 11) is 0.0181. The van der Waals surface area contributed by atoms with E-state index in [1.807, 2.05) is 85.7 Å². The number of amides is 5. The van der Waals surface area contributed by atoms with Crippen LogP contribution in [0.1, 0.15) is 97.2 Å². The molecule has 2 aromatic rings. The lowest BCUT2D eigenvalue weighted by molar-refractivity contribution is -0.142. The van der Waals surface area contributed by atoms with Crippen molar-refractivity contribution < 1.29 is 37.7 Å². The van der Waals surface area contributed by atoms with Crippen molar-refractivity contribution in [1.29, 1.82) is 0 Å². The van der Waals surface area contributed by atoms with Crippen molar-refractivity contribution in [3.63, 3.8) is 0 Å². The number of hydrogen-bond donors (Lipinski definition) is 6. The van der Waals surface area contributed by atoms with E-state index in [-0.39, 0.29) is 37.0 Å². The van der Waals surface area contributed by atoms with Gasteiger partial charge in [-0.1, -0.05) is 85.7 Å². The van der Waals surface area contributed by atoms with Gasteiger partial charge in [0.2, 0.25) is 29.5 Å². The summed E-state index contributed by atoms with van der Waals surface area (Å²) >= 11 is 1.27. The molecule has 0 saturated carbocycles. The maximum Gasteiger partial charge on any atom is 0.308 e. The molecule has 0 radical (unpaired) electrons. The molecule has 18 heteroatoms. The third kappa shape index (κ3) is 12.9. The molecule has 10 atom stereocenters. The number of thiazole rings is 1. The summed E-state index contributed by atoms with van der Waals surface area (Å²) in [6.07, 6.45) is 2.75. The van der Waals surface area contributed by atoms with Crippen molar-refractivity contribution in [3.05, 3.63) is 52.5 Å². The predicted molar refractivity (Wildman–Crippen MR) is 231 cm³/mol. The fraction of sp³-hybridized carbons (Fsp3) is 0.643. The first-order valence-corrected chi connectivity index (χ1v) is 23.0. The SMILES string of the molecule is COC(=O)C[C@@H](NC(=O)[C@@H](NC(=O)[C@@H](NC1NCC(=O)N2CC[C@@H](C)[C@H]2C(=O)N[C@@H](CCS(C)=O)C(=O)N[C@H]1C(C)(C)C)C(C)(C)C)[C@@H](C)c1ccccc1)c1nccs1. The van der Waals surface area contributed by atoms with Crippen LogP contribution in [-0.4, -0.2) is 118 Å². The van der Waals surface area contributed by atoms with Gasteiger partial charge in [0.05, 0.1) is 44.4 Å². The molecule has 332 valence electrons. The molecule has 4 rings (SSSR count). The predicted octanol–water partition coefficient (Wildman–Crippen LogP) is 2.11. The highest BCUT2D eigenvalue weighted by Gasteiger charge is 2.45. The van der Waals surface area contributed by atoms with E-state index in [1.54, 1.807) is 11.6 Å². The third-order valence-corrected chi connectivity index (χ3v) is 12.9. The van der Waals surface area contributed by atoms with E-state index in [1.165, 1.54) is 29.6 Å². The summed E-state index contributed by atoms with van der Waals surface area (Å²) in [6, 6.07) is 3.72. The van der Waals surface area contributed by atoms with Crippen LogP contribution in [0.5, 0.6) is 0 Å². The first-order chi connectivity index (χ1) is 28.1. The van der Waals surface area contributed by atoms with Crippen molar-refractivity contribution in [2.75, 3.05) is 32.2 Å². The number of methoxy groups -OCH3 is 1.